The van der Waals surface area contributed by atoms with Crippen LogP contribution in [0.3, 0.4) is 0 Å². The fourth-order valence-electron chi connectivity index (χ4n) is 2.73. The van der Waals surface area contributed by atoms with E-state index in [1.54, 1.807) is 18.2 Å². The second kappa shape index (κ2) is 6.45. The highest BCUT2D eigenvalue weighted by molar-refractivity contribution is 5.92. The van der Waals surface area contributed by atoms with Crippen LogP contribution in [0.4, 0.5) is 0 Å². The summed E-state index contributed by atoms with van der Waals surface area (Å²) in [5.74, 6) is 1.29. The first-order valence-corrected chi connectivity index (χ1v) is 7.93. The van der Waals surface area contributed by atoms with E-state index in [2.05, 4.69) is 10.5 Å². The number of fused-ring (bicyclic) bond motifs is 1. The van der Waals surface area contributed by atoms with Crippen molar-refractivity contribution in [3.05, 3.63) is 59.5 Å². The lowest BCUT2D eigenvalue weighted by atomic mass is 10.0. The first kappa shape index (κ1) is 15.5. The van der Waals surface area contributed by atoms with Crippen molar-refractivity contribution in [2.45, 2.75) is 12.5 Å². The first-order chi connectivity index (χ1) is 12.2. The molecule has 25 heavy (non-hydrogen) atoms. The van der Waals surface area contributed by atoms with Gasteiger partial charge in [0.15, 0.2) is 11.5 Å². The van der Waals surface area contributed by atoms with Crippen LogP contribution >= 0.6 is 0 Å². The van der Waals surface area contributed by atoms with E-state index < -0.39 is 12.0 Å². The molecule has 0 spiro atoms. The number of rotatable bonds is 5. The second-order valence-electron chi connectivity index (χ2n) is 5.75. The first-order valence-electron chi connectivity index (χ1n) is 7.93. The van der Waals surface area contributed by atoms with Gasteiger partial charge < -0.3 is 24.1 Å². The number of aliphatic hydroxyl groups is 1. The Morgan fingerprint density at radius 3 is 3.04 bits per heavy atom. The Balaban J connectivity index is 1.38. The number of benzene rings is 1. The number of carbonyl (C=O) groups excluding carboxylic acids is 1. The maximum atomic E-state index is 12.2. The van der Waals surface area contributed by atoms with Crippen LogP contribution in [0.1, 0.15) is 27.7 Å². The Labute approximate surface area is 143 Å². The van der Waals surface area contributed by atoms with E-state index >= 15 is 0 Å². The average molecular weight is 340 g/mol. The third-order valence-corrected chi connectivity index (χ3v) is 4.06. The molecule has 0 unspecified atom stereocenters. The number of aromatic nitrogens is 1. The van der Waals surface area contributed by atoms with Crippen LogP contribution in [-0.2, 0) is 6.42 Å². The molecule has 1 amide bonds. The number of amides is 1. The molecule has 1 aromatic carbocycles. The van der Waals surface area contributed by atoms with Gasteiger partial charge in [0.25, 0.3) is 5.91 Å². The molecular weight excluding hydrogens is 324 g/mol. The highest BCUT2D eigenvalue weighted by Gasteiger charge is 2.18. The molecule has 1 aliphatic rings. The topological polar surface area (TPSA) is 97.7 Å². The molecule has 7 nitrogen and oxygen atoms in total. The molecule has 0 fully saturated rings. The molecule has 3 heterocycles. The van der Waals surface area contributed by atoms with Crippen molar-refractivity contribution in [2.75, 3.05) is 13.2 Å². The molecule has 1 aliphatic heterocycles. The Morgan fingerprint density at radius 1 is 1.28 bits per heavy atom. The maximum Gasteiger partial charge on any atom is 0.273 e. The minimum absolute atomic E-state index is 0.0709. The van der Waals surface area contributed by atoms with Crippen molar-refractivity contribution in [3.8, 4) is 17.3 Å². The average Bonchev–Trinajstić information content (AvgIpc) is 3.38. The number of ether oxygens (including phenoxy) is 1. The van der Waals surface area contributed by atoms with Crippen LogP contribution in [0.2, 0.25) is 0 Å². The summed E-state index contributed by atoms with van der Waals surface area (Å²) in [4.78, 5) is 12.2. The van der Waals surface area contributed by atoms with Gasteiger partial charge in [-0.3, -0.25) is 4.79 Å². The van der Waals surface area contributed by atoms with Crippen LogP contribution < -0.4 is 10.1 Å². The van der Waals surface area contributed by atoms with E-state index in [4.69, 9.17) is 13.7 Å². The van der Waals surface area contributed by atoms with Crippen LogP contribution in [0.25, 0.3) is 11.5 Å². The Morgan fingerprint density at radius 2 is 2.20 bits per heavy atom. The number of hydrogen-bond acceptors (Lipinski definition) is 6. The number of aliphatic hydroxyl groups excluding tert-OH is 1. The molecule has 2 N–H and O–H groups in total. The fourth-order valence-corrected chi connectivity index (χ4v) is 2.73. The molecule has 1 atom stereocenters. The van der Waals surface area contributed by atoms with Gasteiger partial charge in [-0.05, 0) is 35.4 Å². The summed E-state index contributed by atoms with van der Waals surface area (Å²) in [5.41, 5.74) is 1.93. The van der Waals surface area contributed by atoms with Gasteiger partial charge in [0.2, 0.25) is 5.76 Å². The van der Waals surface area contributed by atoms with E-state index in [-0.39, 0.29) is 12.2 Å². The van der Waals surface area contributed by atoms with Crippen molar-refractivity contribution in [1.82, 2.24) is 10.5 Å². The lowest BCUT2D eigenvalue weighted by Gasteiger charge is -2.12. The molecule has 128 valence electrons. The van der Waals surface area contributed by atoms with Crippen molar-refractivity contribution < 1.29 is 23.6 Å². The van der Waals surface area contributed by atoms with Crippen molar-refractivity contribution >= 4 is 5.91 Å². The molecule has 4 rings (SSSR count). The molecular formula is C18H16N2O5. The van der Waals surface area contributed by atoms with Crippen molar-refractivity contribution in [3.63, 3.8) is 0 Å². The summed E-state index contributed by atoms with van der Waals surface area (Å²) in [6.07, 6.45) is 1.53. The van der Waals surface area contributed by atoms with Gasteiger partial charge >= 0.3 is 0 Å². The highest BCUT2D eigenvalue weighted by atomic mass is 16.5. The van der Waals surface area contributed by atoms with Crippen LogP contribution in [0.5, 0.6) is 5.75 Å². The summed E-state index contributed by atoms with van der Waals surface area (Å²) in [6, 6.07) is 10.5. The van der Waals surface area contributed by atoms with Gasteiger partial charge in [-0.1, -0.05) is 11.2 Å². The van der Waals surface area contributed by atoms with Crippen LogP contribution in [0, 0.1) is 0 Å². The van der Waals surface area contributed by atoms with Gasteiger partial charge in [-0.2, -0.15) is 0 Å². The monoisotopic (exact) mass is 340 g/mol. The standard InChI is InChI=1S/C18H16N2O5/c21-14(11-3-4-15-12(8-11)5-7-24-15)10-19-18(22)13-9-17(25-20-13)16-2-1-6-23-16/h1-4,6,8-9,14,21H,5,7,10H2,(H,19,22)/t14-/m1/s1. The molecule has 0 radical (unpaired) electrons. The maximum absolute atomic E-state index is 12.2. The fraction of sp³-hybridized carbons (Fsp3) is 0.222. The van der Waals surface area contributed by atoms with Gasteiger partial charge in [0.05, 0.1) is 19.0 Å². The zero-order valence-corrected chi connectivity index (χ0v) is 13.3. The van der Waals surface area contributed by atoms with Gasteiger partial charge in [-0.15, -0.1) is 0 Å². The third-order valence-electron chi connectivity index (χ3n) is 4.06. The molecule has 0 bridgehead atoms. The summed E-state index contributed by atoms with van der Waals surface area (Å²) in [5, 5.41) is 16.7. The number of nitrogens with one attached hydrogen (secondary N) is 1. The van der Waals surface area contributed by atoms with E-state index in [1.165, 1.54) is 12.3 Å². The van der Waals surface area contributed by atoms with Crippen molar-refractivity contribution in [1.29, 1.82) is 0 Å². The van der Waals surface area contributed by atoms with Crippen molar-refractivity contribution in [2.24, 2.45) is 0 Å². The lowest BCUT2D eigenvalue weighted by Crippen LogP contribution is -2.28. The number of carbonyl (C=O) groups is 1. The normalized spacial score (nSPS) is 14.0. The summed E-state index contributed by atoms with van der Waals surface area (Å²) < 4.78 is 15.7. The minimum Gasteiger partial charge on any atom is -0.493 e. The summed E-state index contributed by atoms with van der Waals surface area (Å²) in [6.45, 7) is 0.733. The number of hydrogen-bond donors (Lipinski definition) is 2. The highest BCUT2D eigenvalue weighted by Crippen LogP contribution is 2.28. The SMILES string of the molecule is O=C(NC[C@@H](O)c1ccc2c(c1)CCO2)c1cc(-c2ccco2)on1. The zero-order valence-electron chi connectivity index (χ0n) is 13.3. The third kappa shape index (κ3) is 3.14. The Hall–Kier alpha value is -3.06. The smallest absolute Gasteiger partial charge is 0.273 e. The van der Waals surface area contributed by atoms with Gasteiger partial charge in [0.1, 0.15) is 5.75 Å². The van der Waals surface area contributed by atoms with E-state index in [9.17, 15) is 9.90 Å². The second-order valence-corrected chi connectivity index (χ2v) is 5.75. The molecule has 0 saturated heterocycles. The quantitative estimate of drug-likeness (QED) is 0.740. The largest absolute Gasteiger partial charge is 0.493 e. The van der Waals surface area contributed by atoms with E-state index in [0.29, 0.717) is 18.1 Å². The lowest BCUT2D eigenvalue weighted by molar-refractivity contribution is 0.0907. The predicted molar refractivity (Wildman–Crippen MR) is 87.1 cm³/mol. The molecule has 7 heteroatoms. The van der Waals surface area contributed by atoms with Crippen LogP contribution in [0.15, 0.2) is 51.6 Å². The zero-order chi connectivity index (χ0) is 17.2. The molecule has 3 aromatic rings. The Bertz CT molecular complexity index is 885. The summed E-state index contributed by atoms with van der Waals surface area (Å²) in [7, 11) is 0. The number of furan rings is 1. The minimum atomic E-state index is -0.814. The summed E-state index contributed by atoms with van der Waals surface area (Å²) >= 11 is 0. The van der Waals surface area contributed by atoms with Gasteiger partial charge in [0, 0.05) is 19.0 Å². The van der Waals surface area contributed by atoms with E-state index in [0.717, 1.165) is 23.3 Å². The molecule has 2 aromatic heterocycles. The number of nitrogens with zero attached hydrogens (tertiary/aromatic N) is 1. The van der Waals surface area contributed by atoms with E-state index in [1.807, 2.05) is 12.1 Å². The molecule has 0 saturated carbocycles. The predicted octanol–water partition coefficient (Wildman–Crippen LogP) is 2.33. The van der Waals surface area contributed by atoms with Crippen LogP contribution in [-0.4, -0.2) is 29.3 Å². The van der Waals surface area contributed by atoms with Gasteiger partial charge in [-0.25, -0.2) is 0 Å². The Kier molecular flexibility index (Phi) is 3.99. The molecule has 0 aliphatic carbocycles.